The lowest BCUT2D eigenvalue weighted by Gasteiger charge is -2.31. The Labute approximate surface area is 153 Å². The van der Waals surface area contributed by atoms with E-state index in [2.05, 4.69) is 0 Å². The normalized spacial score (nSPS) is 23.4. The second-order valence-electron chi connectivity index (χ2n) is 6.87. The third-order valence-corrected chi connectivity index (χ3v) is 4.75. The summed E-state index contributed by atoms with van der Waals surface area (Å²) in [5.41, 5.74) is -2.16. The van der Waals surface area contributed by atoms with Gasteiger partial charge in [-0.2, -0.15) is 0 Å². The number of likely N-dealkylation sites (N-methyl/N-ethyl adjacent to an activating group) is 1. The Hall–Kier alpha value is -2.28. The van der Waals surface area contributed by atoms with E-state index in [0.717, 1.165) is 17.7 Å². The molecule has 3 atom stereocenters. The van der Waals surface area contributed by atoms with Crippen LogP contribution in [0.5, 0.6) is 0 Å². The molecule has 1 aliphatic rings. The maximum absolute atomic E-state index is 12.6. The zero-order chi connectivity index (χ0) is 20.1. The highest BCUT2D eigenvalue weighted by atomic mass is 16.4. The lowest BCUT2D eigenvalue weighted by Crippen LogP contribution is -2.50. The van der Waals surface area contributed by atoms with Crippen molar-refractivity contribution >= 4 is 23.4 Å². The van der Waals surface area contributed by atoms with Gasteiger partial charge in [0.15, 0.2) is 23.1 Å². The Morgan fingerprint density at radius 2 is 1.88 bits per heavy atom. The van der Waals surface area contributed by atoms with Crippen LogP contribution in [0.4, 0.5) is 0 Å². The van der Waals surface area contributed by atoms with Crippen LogP contribution in [0, 0.1) is 11.8 Å². The summed E-state index contributed by atoms with van der Waals surface area (Å²) in [6.07, 6.45) is 7.56. The summed E-state index contributed by atoms with van der Waals surface area (Å²) in [4.78, 5) is 49.7. The minimum atomic E-state index is -2.16. The Morgan fingerprint density at radius 3 is 2.38 bits per heavy atom. The van der Waals surface area contributed by atoms with Crippen molar-refractivity contribution in [3.05, 3.63) is 24.3 Å². The molecule has 2 N–H and O–H groups in total. The monoisotopic (exact) mass is 365 g/mol. The molecular weight excluding hydrogens is 338 g/mol. The Kier molecular flexibility index (Phi) is 7.44. The number of likely N-dealkylation sites (tertiary alicyclic amines) is 1. The van der Waals surface area contributed by atoms with Crippen molar-refractivity contribution in [2.45, 2.75) is 51.7 Å². The summed E-state index contributed by atoms with van der Waals surface area (Å²) in [5.74, 6) is -5.61. The highest BCUT2D eigenvalue weighted by molar-refractivity contribution is 6.26. The largest absolute Gasteiger partial charge is 0.479 e. The number of Topliss-reactive ketones (excluding diaryl/α,β-unsaturated/α-hetero) is 1. The predicted molar refractivity (Wildman–Crippen MR) is 95.3 cm³/mol. The molecule has 0 saturated carbocycles. The van der Waals surface area contributed by atoms with Crippen molar-refractivity contribution < 1.29 is 29.4 Å². The molecule has 0 radical (unpaired) electrons. The third-order valence-electron chi connectivity index (χ3n) is 4.75. The first-order valence-corrected chi connectivity index (χ1v) is 8.71. The highest BCUT2D eigenvalue weighted by Gasteiger charge is 2.53. The fourth-order valence-electron chi connectivity index (χ4n) is 2.81. The Bertz CT molecular complexity index is 636. The minimum Gasteiger partial charge on any atom is -0.479 e. The number of allylic oxidation sites excluding steroid dienone is 4. The quantitative estimate of drug-likeness (QED) is 0.362. The number of hydrogen-bond donors (Lipinski definition) is 2. The van der Waals surface area contributed by atoms with Gasteiger partial charge in [-0.15, -0.1) is 0 Å². The van der Waals surface area contributed by atoms with Gasteiger partial charge in [0.05, 0.1) is 6.04 Å². The zero-order valence-electron chi connectivity index (χ0n) is 15.6. The second kappa shape index (κ2) is 8.89. The van der Waals surface area contributed by atoms with Crippen LogP contribution in [-0.4, -0.2) is 57.2 Å². The van der Waals surface area contributed by atoms with E-state index in [0.29, 0.717) is 0 Å². The number of nitrogens with zero attached hydrogens (tertiary/aromatic N) is 1. The number of carbonyl (C=O) groups excluding carboxylic acids is 3. The number of carboxylic acids is 1. The van der Waals surface area contributed by atoms with Crippen LogP contribution >= 0.6 is 0 Å². The molecule has 1 saturated heterocycles. The van der Waals surface area contributed by atoms with Crippen LogP contribution in [0.2, 0.25) is 0 Å². The topological polar surface area (TPSA) is 112 Å². The van der Waals surface area contributed by atoms with E-state index in [-0.39, 0.29) is 0 Å². The molecule has 26 heavy (non-hydrogen) atoms. The number of rotatable bonds is 9. The molecule has 1 fully saturated rings. The summed E-state index contributed by atoms with van der Waals surface area (Å²) in [6.45, 7) is 5.05. The molecule has 144 valence electrons. The van der Waals surface area contributed by atoms with Gasteiger partial charge in [-0.3, -0.25) is 14.4 Å². The van der Waals surface area contributed by atoms with Gasteiger partial charge in [0.2, 0.25) is 5.91 Å². The standard InChI is InChI=1S/C19H27NO6/c1-5-6-7-8-9-10-14(21)15-16(22)13(20(4)17(15)23)11-19(26,12(2)3)18(24)25/h7-10,12-13,15,26H,5-6,11H2,1-4H3,(H,24,25)/b8-7+,10-9+/t13-,15+,19-/m0/s1. The number of carboxylic acid groups (broad SMARTS) is 1. The molecule has 1 rings (SSSR count). The number of aliphatic hydroxyl groups is 1. The first-order chi connectivity index (χ1) is 12.1. The molecule has 7 nitrogen and oxygen atoms in total. The van der Waals surface area contributed by atoms with E-state index in [4.69, 9.17) is 0 Å². The van der Waals surface area contributed by atoms with Crippen LogP contribution in [0.25, 0.3) is 0 Å². The van der Waals surface area contributed by atoms with Crippen molar-refractivity contribution in [1.82, 2.24) is 4.90 Å². The number of hydrogen-bond acceptors (Lipinski definition) is 5. The first kappa shape index (κ1) is 21.8. The third kappa shape index (κ3) is 4.46. The average molecular weight is 365 g/mol. The SMILES string of the molecule is CCC/C=C/C=C/C(=O)[C@@H]1C(=O)[C@H](C[C@@](O)(C(=O)O)C(C)C)N(C)C1=O. The number of aliphatic carboxylic acids is 1. The lowest BCUT2D eigenvalue weighted by atomic mass is 9.82. The van der Waals surface area contributed by atoms with Gasteiger partial charge in [0.1, 0.15) is 0 Å². The summed E-state index contributed by atoms with van der Waals surface area (Å²) < 4.78 is 0. The van der Waals surface area contributed by atoms with Crippen LogP contribution < -0.4 is 0 Å². The second-order valence-corrected chi connectivity index (χ2v) is 6.87. The fraction of sp³-hybridized carbons (Fsp3) is 0.579. The van der Waals surface area contributed by atoms with Crippen LogP contribution in [0.1, 0.15) is 40.0 Å². The summed E-state index contributed by atoms with van der Waals surface area (Å²) >= 11 is 0. The van der Waals surface area contributed by atoms with E-state index < -0.39 is 53.3 Å². The Morgan fingerprint density at radius 1 is 1.27 bits per heavy atom. The van der Waals surface area contributed by atoms with E-state index in [9.17, 15) is 29.4 Å². The molecular formula is C19H27NO6. The molecule has 0 unspecified atom stereocenters. The van der Waals surface area contributed by atoms with Gasteiger partial charge in [-0.25, -0.2) is 4.79 Å². The predicted octanol–water partition coefficient (Wildman–Crippen LogP) is 1.36. The van der Waals surface area contributed by atoms with Gasteiger partial charge in [0.25, 0.3) is 0 Å². The van der Waals surface area contributed by atoms with Crippen LogP contribution in [0.3, 0.4) is 0 Å². The van der Waals surface area contributed by atoms with Crippen molar-refractivity contribution in [2.24, 2.45) is 11.8 Å². The number of ketones is 2. The molecule has 1 aliphatic heterocycles. The summed E-state index contributed by atoms with van der Waals surface area (Å²) in [7, 11) is 1.34. The van der Waals surface area contributed by atoms with Crippen LogP contribution in [0.15, 0.2) is 24.3 Å². The van der Waals surface area contributed by atoms with E-state index in [1.54, 1.807) is 6.08 Å². The molecule has 7 heteroatoms. The highest BCUT2D eigenvalue weighted by Crippen LogP contribution is 2.31. The van der Waals surface area contributed by atoms with Gasteiger partial charge in [0, 0.05) is 13.5 Å². The van der Waals surface area contributed by atoms with Gasteiger partial charge < -0.3 is 15.1 Å². The lowest BCUT2D eigenvalue weighted by molar-refractivity contribution is -0.166. The number of carbonyl (C=O) groups is 4. The molecule has 0 aromatic heterocycles. The van der Waals surface area contributed by atoms with Gasteiger partial charge in [-0.1, -0.05) is 45.4 Å². The minimum absolute atomic E-state index is 0.453. The maximum Gasteiger partial charge on any atom is 0.336 e. The van der Waals surface area contributed by atoms with Crippen molar-refractivity contribution in [3.8, 4) is 0 Å². The van der Waals surface area contributed by atoms with Gasteiger partial charge in [-0.05, 0) is 18.4 Å². The van der Waals surface area contributed by atoms with Gasteiger partial charge >= 0.3 is 5.97 Å². The molecule has 0 aliphatic carbocycles. The van der Waals surface area contributed by atoms with E-state index in [1.807, 2.05) is 13.0 Å². The Balaban J connectivity index is 2.98. The molecule has 1 heterocycles. The smallest absolute Gasteiger partial charge is 0.336 e. The fourth-order valence-corrected chi connectivity index (χ4v) is 2.81. The molecule has 0 bridgehead atoms. The maximum atomic E-state index is 12.6. The number of amides is 1. The zero-order valence-corrected chi connectivity index (χ0v) is 15.6. The van der Waals surface area contributed by atoms with Crippen molar-refractivity contribution in [2.75, 3.05) is 7.05 Å². The summed E-state index contributed by atoms with van der Waals surface area (Å²) in [6, 6.07) is -1.15. The first-order valence-electron chi connectivity index (χ1n) is 8.71. The molecule has 0 aromatic rings. The number of unbranched alkanes of at least 4 members (excludes halogenated alkanes) is 1. The summed E-state index contributed by atoms with van der Waals surface area (Å²) in [5, 5.41) is 19.7. The molecule has 1 amide bonds. The van der Waals surface area contributed by atoms with Crippen molar-refractivity contribution in [1.29, 1.82) is 0 Å². The van der Waals surface area contributed by atoms with E-state index >= 15 is 0 Å². The molecule has 0 spiro atoms. The molecule has 0 aromatic carbocycles. The average Bonchev–Trinajstić information content (AvgIpc) is 2.77. The van der Waals surface area contributed by atoms with E-state index in [1.165, 1.54) is 33.0 Å². The van der Waals surface area contributed by atoms with Crippen LogP contribution in [-0.2, 0) is 19.2 Å². The van der Waals surface area contributed by atoms with Crippen molar-refractivity contribution in [3.63, 3.8) is 0 Å².